The molecule has 2 aromatic rings. The number of hydrogen-bond donors (Lipinski definition) is 0. The van der Waals surface area contributed by atoms with Gasteiger partial charge in [0.15, 0.2) is 0 Å². The summed E-state index contributed by atoms with van der Waals surface area (Å²) in [6.07, 6.45) is 7.78. The van der Waals surface area contributed by atoms with Crippen LogP contribution in [-0.2, 0) is 24.7 Å². The molecule has 1 heteroatoms. The molecule has 0 aliphatic heterocycles. The van der Waals surface area contributed by atoms with Crippen LogP contribution in [0, 0.1) is 10.4 Å². The maximum atomic E-state index is 2.32. The predicted octanol–water partition coefficient (Wildman–Crippen LogP) is 2.73. The van der Waals surface area contributed by atoms with Crippen LogP contribution in [-0.4, -0.2) is 0 Å². The standard InChI is InChI=1S/C21H17.Zr/c1-14(2)16-11-12-18-17-9-5-6-10-19(17)21(20(18)13-16)15-7-3-4-8-15;/h3-7,9-12H,8H2,1-2H3;. The predicted molar refractivity (Wildman–Crippen MR) is 88.5 cm³/mol. The van der Waals surface area contributed by atoms with Crippen molar-refractivity contribution in [3.05, 3.63) is 86.6 Å². The van der Waals surface area contributed by atoms with Crippen molar-refractivity contribution in [2.24, 2.45) is 0 Å². The van der Waals surface area contributed by atoms with Gasteiger partial charge in [-0.3, -0.25) is 0 Å². The monoisotopic (exact) mass is 359 g/mol. The average Bonchev–Trinajstić information content (AvgIpc) is 3.12. The second-order valence-electron chi connectivity index (χ2n) is 6.16. The van der Waals surface area contributed by atoms with Crippen LogP contribution < -0.4 is 13.7 Å². The Morgan fingerprint density at radius 3 is 2.41 bits per heavy atom. The molecule has 105 valence electrons. The van der Waals surface area contributed by atoms with Crippen LogP contribution in [0.2, 0.25) is 0 Å². The van der Waals surface area contributed by atoms with E-state index in [1.54, 1.807) is 0 Å². The van der Waals surface area contributed by atoms with Crippen molar-refractivity contribution in [3.63, 3.8) is 0 Å². The third-order valence-electron chi connectivity index (χ3n) is 4.57. The van der Waals surface area contributed by atoms with Gasteiger partial charge in [-0.25, -0.2) is 0 Å². The molecule has 4 rings (SSSR count). The number of benzene rings is 2. The molecule has 0 fully saturated rings. The van der Waals surface area contributed by atoms with Gasteiger partial charge in [-0.05, 0) is 0 Å². The van der Waals surface area contributed by atoms with Crippen LogP contribution in [0.15, 0.2) is 60.2 Å². The molecule has 22 heavy (non-hydrogen) atoms. The molecular weight excluding hydrogens is 343 g/mol. The van der Waals surface area contributed by atoms with Gasteiger partial charge in [-0.1, -0.05) is 0 Å². The number of rotatable bonds is 1. The van der Waals surface area contributed by atoms with Gasteiger partial charge in [0.1, 0.15) is 0 Å². The fourth-order valence-corrected chi connectivity index (χ4v) is 5.00. The topological polar surface area (TPSA) is 0 Å². The molecule has 0 amide bonds. The Hall–Kier alpha value is -1.46. The van der Waals surface area contributed by atoms with Gasteiger partial charge < -0.3 is 0 Å². The Labute approximate surface area is 145 Å². The Morgan fingerprint density at radius 1 is 0.955 bits per heavy atom. The molecule has 0 radical (unpaired) electrons. The van der Waals surface area contributed by atoms with Crippen LogP contribution in [0.1, 0.15) is 25.8 Å². The Morgan fingerprint density at radius 2 is 1.73 bits per heavy atom. The quantitative estimate of drug-likeness (QED) is 0.734. The first kappa shape index (κ1) is 14.2. The van der Waals surface area contributed by atoms with Crippen LogP contribution in [0.3, 0.4) is 0 Å². The fraction of sp³-hybridized carbons (Fsp3) is 0.143. The van der Waals surface area contributed by atoms with E-state index in [4.69, 9.17) is 0 Å². The van der Waals surface area contributed by atoms with Gasteiger partial charge >= 0.3 is 146 Å². The van der Waals surface area contributed by atoms with Crippen LogP contribution in [0.5, 0.6) is 0 Å². The van der Waals surface area contributed by atoms with E-state index in [2.05, 4.69) is 68.5 Å². The first-order chi connectivity index (χ1) is 10.7. The molecule has 0 nitrogen and oxygen atoms in total. The zero-order valence-corrected chi connectivity index (χ0v) is 15.4. The van der Waals surface area contributed by atoms with Gasteiger partial charge in [-0.2, -0.15) is 0 Å². The summed E-state index contributed by atoms with van der Waals surface area (Å²) < 4.78 is 1.50. The fourth-order valence-electron chi connectivity index (χ4n) is 3.54. The molecule has 0 heterocycles. The van der Waals surface area contributed by atoms with Gasteiger partial charge in [0.2, 0.25) is 0 Å². The van der Waals surface area contributed by atoms with E-state index in [0.29, 0.717) is 0 Å². The zero-order valence-electron chi connectivity index (χ0n) is 12.9. The number of allylic oxidation sites excluding steroid dienone is 4. The van der Waals surface area contributed by atoms with Crippen molar-refractivity contribution < 1.29 is 24.7 Å². The van der Waals surface area contributed by atoms with E-state index in [9.17, 15) is 0 Å². The molecule has 0 bridgehead atoms. The molecule has 0 spiro atoms. The average molecular weight is 361 g/mol. The molecule has 2 aliphatic carbocycles. The Kier molecular flexibility index (Phi) is 3.42. The van der Waals surface area contributed by atoms with Crippen LogP contribution in [0.25, 0.3) is 11.1 Å². The van der Waals surface area contributed by atoms with Crippen molar-refractivity contribution in [3.8, 4) is 0 Å². The molecule has 2 aromatic carbocycles. The Bertz CT molecular complexity index is 1060. The van der Waals surface area contributed by atoms with Crippen molar-refractivity contribution >= 4 is 14.4 Å². The summed E-state index contributed by atoms with van der Waals surface area (Å²) >= 11 is 1.50. The molecular formula is C21H17Zr. The third kappa shape index (κ3) is 1.99. The van der Waals surface area contributed by atoms with E-state index < -0.39 is 0 Å². The van der Waals surface area contributed by atoms with Crippen molar-refractivity contribution in [2.75, 3.05) is 0 Å². The maximum absolute atomic E-state index is 2.32. The zero-order chi connectivity index (χ0) is 15.3. The first-order valence-corrected chi connectivity index (χ1v) is 8.93. The van der Waals surface area contributed by atoms with E-state index in [-0.39, 0.29) is 0 Å². The summed E-state index contributed by atoms with van der Waals surface area (Å²) in [5.74, 6) is 0. The van der Waals surface area contributed by atoms with Gasteiger partial charge in [0, 0.05) is 0 Å². The summed E-state index contributed by atoms with van der Waals surface area (Å²) in [5, 5.41) is 5.63. The summed E-state index contributed by atoms with van der Waals surface area (Å²) in [4.78, 5) is 0. The molecule has 0 unspecified atom stereocenters. The summed E-state index contributed by atoms with van der Waals surface area (Å²) in [6.45, 7) is 4.43. The van der Waals surface area contributed by atoms with E-state index in [1.165, 1.54) is 71.1 Å². The third-order valence-corrected chi connectivity index (χ3v) is 5.85. The van der Waals surface area contributed by atoms with Crippen molar-refractivity contribution in [1.82, 2.24) is 0 Å². The minimum atomic E-state index is 1.05. The van der Waals surface area contributed by atoms with Crippen LogP contribution >= 0.6 is 0 Å². The second kappa shape index (κ2) is 5.32. The minimum absolute atomic E-state index is 1.05. The first-order valence-electron chi connectivity index (χ1n) is 7.71. The van der Waals surface area contributed by atoms with E-state index >= 15 is 0 Å². The van der Waals surface area contributed by atoms with Gasteiger partial charge in [-0.15, -0.1) is 0 Å². The molecule has 0 N–H and O–H groups in total. The van der Waals surface area contributed by atoms with Crippen molar-refractivity contribution in [2.45, 2.75) is 20.3 Å². The second-order valence-corrected chi connectivity index (χ2v) is 7.38. The van der Waals surface area contributed by atoms with Gasteiger partial charge in [0.25, 0.3) is 0 Å². The van der Waals surface area contributed by atoms with Crippen molar-refractivity contribution in [1.29, 1.82) is 0 Å². The normalized spacial score (nSPS) is 14.8. The molecule has 0 atom stereocenters. The van der Waals surface area contributed by atoms with Gasteiger partial charge in [0.05, 0.1) is 0 Å². The van der Waals surface area contributed by atoms with Crippen LogP contribution in [0.4, 0.5) is 0 Å². The molecule has 2 aliphatic rings. The van der Waals surface area contributed by atoms with E-state index in [0.717, 1.165) is 6.42 Å². The Balaban J connectivity index is 2.23. The summed E-state index contributed by atoms with van der Waals surface area (Å²) in [7, 11) is 0. The molecule has 0 saturated heterocycles. The molecule has 0 aromatic heterocycles. The van der Waals surface area contributed by atoms with E-state index in [1.807, 2.05) is 0 Å². The molecule has 0 saturated carbocycles. The SMILES string of the molecule is CC(C)=c1ccc2c([c]1[Zr])C(C1=CC=CC1)=c1ccccc1=2. The number of hydrogen-bond acceptors (Lipinski definition) is 0. The number of fused-ring (bicyclic) bond motifs is 2. The summed E-state index contributed by atoms with van der Waals surface area (Å²) in [6, 6.07) is 13.5. The summed E-state index contributed by atoms with van der Waals surface area (Å²) in [5.41, 5.74) is 5.81.